The van der Waals surface area contributed by atoms with E-state index in [1.165, 1.54) is 23.5 Å². The third-order valence-corrected chi connectivity index (χ3v) is 6.45. The number of amidine groups is 1. The van der Waals surface area contributed by atoms with Crippen LogP contribution in [0, 0.1) is 17.1 Å². The Morgan fingerprint density at radius 2 is 2.13 bits per heavy atom. The maximum absolute atomic E-state index is 13.4. The van der Waals surface area contributed by atoms with Gasteiger partial charge in [0, 0.05) is 24.2 Å². The third kappa shape index (κ3) is 2.36. The Hall–Kier alpha value is -1.50. The molecular weight excluding hydrogens is 313 g/mol. The van der Waals surface area contributed by atoms with E-state index in [1.807, 2.05) is 6.07 Å². The average Bonchev–Trinajstić information content (AvgIpc) is 2.97. The predicted molar refractivity (Wildman–Crippen MR) is 90.5 cm³/mol. The van der Waals surface area contributed by atoms with E-state index in [9.17, 15) is 9.50 Å². The molecule has 1 aromatic heterocycles. The van der Waals surface area contributed by atoms with Crippen molar-refractivity contribution in [2.24, 2.45) is 5.92 Å². The predicted octanol–water partition coefficient (Wildman–Crippen LogP) is 2.71. The molecule has 3 aliphatic rings. The van der Waals surface area contributed by atoms with Crippen LogP contribution >= 0.6 is 11.3 Å². The molecular formula is C17H20FN3OS. The first-order valence-corrected chi connectivity index (χ1v) is 8.75. The zero-order chi connectivity index (χ0) is 16.2. The quantitative estimate of drug-likeness (QED) is 0.505. The lowest BCUT2D eigenvalue weighted by atomic mass is 9.80. The van der Waals surface area contributed by atoms with Gasteiger partial charge in [0.1, 0.15) is 11.7 Å². The molecule has 1 atom stereocenters. The van der Waals surface area contributed by atoms with E-state index in [0.717, 1.165) is 40.9 Å². The molecule has 2 N–H and O–H groups in total. The van der Waals surface area contributed by atoms with Crippen molar-refractivity contribution >= 4 is 27.3 Å². The van der Waals surface area contributed by atoms with E-state index in [1.54, 1.807) is 18.0 Å². The van der Waals surface area contributed by atoms with Gasteiger partial charge in [-0.3, -0.25) is 10.3 Å². The Morgan fingerprint density at radius 3 is 2.78 bits per heavy atom. The van der Waals surface area contributed by atoms with E-state index in [4.69, 9.17) is 5.41 Å². The summed E-state index contributed by atoms with van der Waals surface area (Å²) in [5, 5.41) is 20.5. The molecule has 3 fully saturated rings. The van der Waals surface area contributed by atoms with Gasteiger partial charge in [-0.1, -0.05) is 0 Å². The molecule has 23 heavy (non-hydrogen) atoms. The SMILES string of the molecule is CN(C(=N)c1cc2cc(F)ccc2s1)C1(O)CN2CCC1CC2. The van der Waals surface area contributed by atoms with Gasteiger partial charge in [0.2, 0.25) is 0 Å². The van der Waals surface area contributed by atoms with Gasteiger partial charge >= 0.3 is 0 Å². The molecule has 3 aliphatic heterocycles. The minimum absolute atomic E-state index is 0.213. The molecule has 6 heteroatoms. The van der Waals surface area contributed by atoms with Crippen molar-refractivity contribution < 1.29 is 9.50 Å². The Labute approximate surface area is 138 Å². The van der Waals surface area contributed by atoms with Gasteiger partial charge in [-0.25, -0.2) is 4.39 Å². The number of nitrogens with one attached hydrogen (secondary N) is 1. The number of aliphatic hydroxyl groups is 1. The van der Waals surface area contributed by atoms with Crippen LogP contribution in [0.3, 0.4) is 0 Å². The first-order chi connectivity index (χ1) is 11.0. The standard InChI is InChI=1S/C17H20FN3OS/c1-20(17(22)10-21-6-4-12(17)5-7-21)16(19)15-9-11-8-13(18)2-3-14(11)23-15/h2-3,8-9,12,19,22H,4-7,10H2,1H3. The molecule has 5 rings (SSSR count). The van der Waals surface area contributed by atoms with E-state index in [2.05, 4.69) is 4.90 Å². The lowest BCUT2D eigenvalue weighted by Gasteiger charge is -2.54. The van der Waals surface area contributed by atoms with Crippen LogP contribution in [0.5, 0.6) is 0 Å². The van der Waals surface area contributed by atoms with E-state index in [0.29, 0.717) is 12.4 Å². The lowest BCUT2D eigenvalue weighted by molar-refractivity contribution is -0.174. The minimum atomic E-state index is -0.977. The molecule has 4 nitrogen and oxygen atoms in total. The smallest absolute Gasteiger partial charge is 0.154 e. The fourth-order valence-electron chi connectivity index (χ4n) is 3.88. The van der Waals surface area contributed by atoms with Crippen molar-refractivity contribution in [3.63, 3.8) is 0 Å². The highest BCUT2D eigenvalue weighted by atomic mass is 32.1. The van der Waals surface area contributed by atoms with Crippen LogP contribution < -0.4 is 0 Å². The molecule has 2 aromatic rings. The Bertz CT molecular complexity index is 768. The van der Waals surface area contributed by atoms with Crippen molar-refractivity contribution in [2.75, 3.05) is 26.7 Å². The van der Waals surface area contributed by atoms with Crippen molar-refractivity contribution in [1.29, 1.82) is 5.41 Å². The van der Waals surface area contributed by atoms with Crippen LogP contribution in [-0.4, -0.2) is 53.1 Å². The normalized spacial score (nSPS) is 29.9. The molecule has 1 unspecified atom stereocenters. The van der Waals surface area contributed by atoms with Crippen LogP contribution in [0.15, 0.2) is 24.3 Å². The molecule has 4 heterocycles. The summed E-state index contributed by atoms with van der Waals surface area (Å²) in [6.07, 6.45) is 1.96. The average molecular weight is 333 g/mol. The number of hydrogen-bond acceptors (Lipinski definition) is 4. The number of rotatable bonds is 2. The minimum Gasteiger partial charge on any atom is -0.369 e. The number of halogens is 1. The second kappa shape index (κ2) is 5.26. The van der Waals surface area contributed by atoms with Crippen molar-refractivity contribution in [3.05, 3.63) is 35.0 Å². The van der Waals surface area contributed by atoms with Crippen molar-refractivity contribution in [3.8, 4) is 0 Å². The number of piperidine rings is 3. The Balaban J connectivity index is 1.64. The highest BCUT2D eigenvalue weighted by Crippen LogP contribution is 2.38. The highest BCUT2D eigenvalue weighted by molar-refractivity contribution is 7.20. The molecule has 0 amide bonds. The molecule has 0 aliphatic carbocycles. The molecule has 122 valence electrons. The summed E-state index contributed by atoms with van der Waals surface area (Å²) < 4.78 is 14.3. The summed E-state index contributed by atoms with van der Waals surface area (Å²) in [6, 6.07) is 6.52. The summed E-state index contributed by atoms with van der Waals surface area (Å²) in [5.41, 5.74) is -0.977. The molecule has 3 saturated heterocycles. The number of benzene rings is 1. The summed E-state index contributed by atoms with van der Waals surface area (Å²) in [6.45, 7) is 2.67. The van der Waals surface area contributed by atoms with Gasteiger partial charge in [-0.15, -0.1) is 11.3 Å². The number of nitrogens with zero attached hydrogens (tertiary/aromatic N) is 2. The summed E-state index contributed by atoms with van der Waals surface area (Å²) >= 11 is 1.47. The maximum atomic E-state index is 13.4. The second-order valence-corrected chi connectivity index (χ2v) is 7.71. The summed E-state index contributed by atoms with van der Waals surface area (Å²) in [4.78, 5) is 4.74. The fourth-order valence-corrected chi connectivity index (χ4v) is 4.91. The van der Waals surface area contributed by atoms with Crippen LogP contribution in [0.2, 0.25) is 0 Å². The molecule has 0 radical (unpaired) electrons. The van der Waals surface area contributed by atoms with Crippen LogP contribution in [0.4, 0.5) is 4.39 Å². The lowest BCUT2D eigenvalue weighted by Crippen LogP contribution is -2.67. The van der Waals surface area contributed by atoms with Crippen LogP contribution in [-0.2, 0) is 0 Å². The number of fused-ring (bicyclic) bond motifs is 4. The first kappa shape index (κ1) is 15.1. The van der Waals surface area contributed by atoms with Crippen LogP contribution in [0.1, 0.15) is 17.7 Å². The molecule has 0 spiro atoms. The fraction of sp³-hybridized carbons (Fsp3) is 0.471. The van der Waals surface area contributed by atoms with E-state index >= 15 is 0 Å². The number of likely N-dealkylation sites (N-methyl/N-ethyl adjacent to an activating group) is 1. The molecule has 0 saturated carbocycles. The molecule has 1 aromatic carbocycles. The molecule has 2 bridgehead atoms. The van der Waals surface area contributed by atoms with Gasteiger partial charge in [-0.2, -0.15) is 0 Å². The Kier molecular flexibility index (Phi) is 3.44. The third-order valence-electron chi connectivity index (χ3n) is 5.33. The van der Waals surface area contributed by atoms with Crippen molar-refractivity contribution in [2.45, 2.75) is 18.6 Å². The van der Waals surface area contributed by atoms with Gasteiger partial charge in [-0.05, 0) is 55.6 Å². The van der Waals surface area contributed by atoms with Gasteiger partial charge in [0.05, 0.1) is 4.88 Å². The first-order valence-electron chi connectivity index (χ1n) is 7.94. The summed E-state index contributed by atoms with van der Waals surface area (Å²) in [5.74, 6) is 0.255. The zero-order valence-electron chi connectivity index (χ0n) is 13.1. The number of hydrogen-bond donors (Lipinski definition) is 2. The topological polar surface area (TPSA) is 50.6 Å². The highest BCUT2D eigenvalue weighted by Gasteiger charge is 2.49. The maximum Gasteiger partial charge on any atom is 0.154 e. The largest absolute Gasteiger partial charge is 0.369 e. The van der Waals surface area contributed by atoms with Gasteiger partial charge < -0.3 is 10.0 Å². The van der Waals surface area contributed by atoms with Gasteiger partial charge in [0.25, 0.3) is 0 Å². The van der Waals surface area contributed by atoms with E-state index < -0.39 is 5.72 Å². The van der Waals surface area contributed by atoms with Crippen molar-refractivity contribution in [1.82, 2.24) is 9.80 Å². The number of thiophene rings is 1. The summed E-state index contributed by atoms with van der Waals surface area (Å²) in [7, 11) is 1.80. The van der Waals surface area contributed by atoms with E-state index in [-0.39, 0.29) is 11.7 Å². The van der Waals surface area contributed by atoms with Gasteiger partial charge in [0.15, 0.2) is 5.72 Å². The monoisotopic (exact) mass is 333 g/mol. The zero-order valence-corrected chi connectivity index (χ0v) is 13.9. The van der Waals surface area contributed by atoms with Crippen LogP contribution in [0.25, 0.3) is 10.1 Å². The second-order valence-electron chi connectivity index (χ2n) is 6.63. The Morgan fingerprint density at radius 1 is 1.39 bits per heavy atom.